The molecule has 3 aromatic rings. The van der Waals surface area contributed by atoms with E-state index < -0.39 is 22.0 Å². The van der Waals surface area contributed by atoms with E-state index in [0.29, 0.717) is 11.4 Å². The van der Waals surface area contributed by atoms with Gasteiger partial charge in [-0.05, 0) is 61.4 Å². The van der Waals surface area contributed by atoms with Gasteiger partial charge in [0.15, 0.2) is 6.10 Å². The molecule has 0 saturated carbocycles. The number of hydrogen-bond donors (Lipinski definition) is 1. The fraction of sp³-hybridized carbons (Fsp3) is 0.240. The summed E-state index contributed by atoms with van der Waals surface area (Å²) in [6, 6.07) is 21.1. The van der Waals surface area contributed by atoms with Crippen LogP contribution in [0.4, 0.5) is 5.69 Å². The lowest BCUT2D eigenvalue weighted by atomic mass is 10.1. The third-order valence-electron chi connectivity index (χ3n) is 5.27. The number of rotatable bonds is 7. The summed E-state index contributed by atoms with van der Waals surface area (Å²) in [5.41, 5.74) is 2.40. The number of sulfonamides is 1. The Morgan fingerprint density at radius 3 is 2.55 bits per heavy atom. The van der Waals surface area contributed by atoms with Gasteiger partial charge in [-0.25, -0.2) is 8.42 Å². The van der Waals surface area contributed by atoms with E-state index in [4.69, 9.17) is 9.47 Å². The van der Waals surface area contributed by atoms with E-state index in [2.05, 4.69) is 5.32 Å². The van der Waals surface area contributed by atoms with Crippen LogP contribution < -0.4 is 19.1 Å². The van der Waals surface area contributed by atoms with E-state index >= 15 is 0 Å². The maximum Gasteiger partial charge on any atom is 0.264 e. The second kappa shape index (κ2) is 9.54. The van der Waals surface area contributed by atoms with E-state index in [0.717, 1.165) is 16.9 Å². The Bertz CT molecular complexity index is 1240. The van der Waals surface area contributed by atoms with Crippen molar-refractivity contribution in [1.29, 1.82) is 0 Å². The van der Waals surface area contributed by atoms with Crippen molar-refractivity contribution in [1.82, 2.24) is 5.32 Å². The molecule has 0 saturated heterocycles. The molecule has 1 atom stereocenters. The largest absolute Gasteiger partial charge is 0.492 e. The molecular weight excluding hydrogens is 440 g/mol. The lowest BCUT2D eigenvalue weighted by molar-refractivity contribution is -0.127. The first-order valence-electron chi connectivity index (χ1n) is 10.7. The number of anilines is 1. The molecular formula is C25H26N2O5S. The highest BCUT2D eigenvalue weighted by atomic mass is 32.2. The number of nitrogens with one attached hydrogen (secondary N) is 1. The standard InChI is InChI=1S/C25H26N2O5S/c1-18-7-6-8-20(15-18)31-14-13-26-25(28)24-17-27(22-16-19(2)11-12-23(22)32-24)33(29,30)21-9-4-3-5-10-21/h3-12,15-16,24H,13-14,17H2,1-2H3,(H,26,28)/t24-/m0/s1. The number of hydrogen-bond acceptors (Lipinski definition) is 5. The molecule has 0 aliphatic carbocycles. The molecule has 0 aromatic heterocycles. The van der Waals surface area contributed by atoms with Gasteiger partial charge in [-0.2, -0.15) is 0 Å². The monoisotopic (exact) mass is 466 g/mol. The average Bonchev–Trinajstić information content (AvgIpc) is 2.81. The van der Waals surface area contributed by atoms with Crippen LogP contribution in [0.25, 0.3) is 0 Å². The number of carbonyl (C=O) groups excluding carboxylic acids is 1. The Balaban J connectivity index is 1.48. The Morgan fingerprint density at radius 2 is 1.79 bits per heavy atom. The second-order valence-corrected chi connectivity index (χ2v) is 9.75. The van der Waals surface area contributed by atoms with Gasteiger partial charge in [0, 0.05) is 0 Å². The van der Waals surface area contributed by atoms with Crippen LogP contribution in [-0.2, 0) is 14.8 Å². The van der Waals surface area contributed by atoms with Crippen LogP contribution >= 0.6 is 0 Å². The molecule has 1 aliphatic heterocycles. The maximum atomic E-state index is 13.4. The minimum absolute atomic E-state index is 0.127. The molecule has 1 N–H and O–H groups in total. The highest BCUT2D eigenvalue weighted by molar-refractivity contribution is 7.92. The van der Waals surface area contributed by atoms with Gasteiger partial charge in [-0.15, -0.1) is 0 Å². The smallest absolute Gasteiger partial charge is 0.264 e. The molecule has 172 valence electrons. The van der Waals surface area contributed by atoms with Crippen molar-refractivity contribution in [2.75, 3.05) is 24.0 Å². The summed E-state index contributed by atoms with van der Waals surface area (Å²) in [7, 11) is -3.88. The topological polar surface area (TPSA) is 84.9 Å². The van der Waals surface area contributed by atoms with Crippen molar-refractivity contribution in [3.05, 3.63) is 83.9 Å². The van der Waals surface area contributed by atoms with Crippen molar-refractivity contribution in [3.63, 3.8) is 0 Å². The number of nitrogens with zero attached hydrogens (tertiary/aromatic N) is 1. The third kappa shape index (κ3) is 5.12. The quantitative estimate of drug-likeness (QED) is 0.539. The molecule has 0 fully saturated rings. The minimum atomic E-state index is -3.88. The van der Waals surface area contributed by atoms with Crippen LogP contribution in [0.15, 0.2) is 77.7 Å². The van der Waals surface area contributed by atoms with Gasteiger partial charge in [0.05, 0.1) is 23.7 Å². The normalized spacial score (nSPS) is 15.3. The van der Waals surface area contributed by atoms with Gasteiger partial charge >= 0.3 is 0 Å². The lowest BCUT2D eigenvalue weighted by Crippen LogP contribution is -2.51. The molecule has 0 unspecified atom stereocenters. The number of amides is 1. The summed E-state index contributed by atoms with van der Waals surface area (Å²) < 4.78 is 39.6. The Labute approximate surface area is 194 Å². The molecule has 8 heteroatoms. The fourth-order valence-electron chi connectivity index (χ4n) is 3.61. The average molecular weight is 467 g/mol. The van der Waals surface area contributed by atoms with E-state index in [1.165, 1.54) is 16.4 Å². The summed E-state index contributed by atoms with van der Waals surface area (Å²) in [5, 5.41) is 2.78. The Hall–Kier alpha value is -3.52. The third-order valence-corrected chi connectivity index (χ3v) is 7.06. The zero-order valence-corrected chi connectivity index (χ0v) is 19.3. The highest BCUT2D eigenvalue weighted by Crippen LogP contribution is 2.37. The van der Waals surface area contributed by atoms with Crippen molar-refractivity contribution in [2.24, 2.45) is 0 Å². The predicted molar refractivity (Wildman–Crippen MR) is 126 cm³/mol. The first-order chi connectivity index (χ1) is 15.8. The summed E-state index contributed by atoms with van der Waals surface area (Å²) in [4.78, 5) is 13.0. The van der Waals surface area contributed by atoms with E-state index in [1.807, 2.05) is 44.2 Å². The summed E-state index contributed by atoms with van der Waals surface area (Å²) in [6.07, 6.45) is -0.988. The second-order valence-electron chi connectivity index (χ2n) is 7.88. The Morgan fingerprint density at radius 1 is 1.03 bits per heavy atom. The van der Waals surface area contributed by atoms with Crippen molar-refractivity contribution in [2.45, 2.75) is 24.8 Å². The van der Waals surface area contributed by atoms with Gasteiger partial charge in [-0.3, -0.25) is 9.10 Å². The molecule has 0 radical (unpaired) electrons. The number of carbonyl (C=O) groups is 1. The lowest BCUT2D eigenvalue weighted by Gasteiger charge is -2.35. The summed E-state index contributed by atoms with van der Waals surface area (Å²) in [5.74, 6) is 0.674. The SMILES string of the molecule is Cc1cccc(OCCNC(=O)[C@@H]2CN(S(=O)(=O)c3ccccc3)c3cc(C)ccc3O2)c1. The molecule has 3 aromatic carbocycles. The van der Waals surface area contributed by atoms with Crippen molar-refractivity contribution < 1.29 is 22.7 Å². The number of fused-ring (bicyclic) bond motifs is 1. The number of aryl methyl sites for hydroxylation is 2. The molecule has 7 nitrogen and oxygen atoms in total. The first-order valence-corrected chi connectivity index (χ1v) is 12.1. The van der Waals surface area contributed by atoms with E-state index in [1.54, 1.807) is 30.3 Å². The fourth-order valence-corrected chi connectivity index (χ4v) is 5.10. The Kier molecular flexibility index (Phi) is 6.55. The molecule has 4 rings (SSSR count). The first kappa shape index (κ1) is 22.7. The van der Waals surface area contributed by atoms with Crippen molar-refractivity contribution >= 4 is 21.6 Å². The molecule has 0 spiro atoms. The van der Waals surface area contributed by atoms with Gasteiger partial charge in [-0.1, -0.05) is 36.4 Å². The minimum Gasteiger partial charge on any atom is -0.492 e. The zero-order chi connectivity index (χ0) is 23.4. The molecule has 1 aliphatic rings. The predicted octanol–water partition coefficient (Wildman–Crippen LogP) is 3.45. The van der Waals surface area contributed by atoms with Crippen LogP contribution in [0.5, 0.6) is 11.5 Å². The zero-order valence-electron chi connectivity index (χ0n) is 18.5. The maximum absolute atomic E-state index is 13.4. The van der Waals surface area contributed by atoms with Crippen LogP contribution in [-0.4, -0.2) is 40.1 Å². The van der Waals surface area contributed by atoms with Gasteiger partial charge < -0.3 is 14.8 Å². The molecule has 1 amide bonds. The number of benzene rings is 3. The summed E-state index contributed by atoms with van der Waals surface area (Å²) in [6.45, 7) is 4.27. The van der Waals surface area contributed by atoms with Crippen LogP contribution in [0.2, 0.25) is 0 Å². The van der Waals surface area contributed by atoms with Gasteiger partial charge in [0.25, 0.3) is 15.9 Å². The number of ether oxygens (including phenoxy) is 2. The van der Waals surface area contributed by atoms with Crippen LogP contribution in [0, 0.1) is 13.8 Å². The molecule has 1 heterocycles. The van der Waals surface area contributed by atoms with Crippen LogP contribution in [0.3, 0.4) is 0 Å². The molecule has 0 bridgehead atoms. The van der Waals surface area contributed by atoms with Crippen molar-refractivity contribution in [3.8, 4) is 11.5 Å². The summed E-state index contributed by atoms with van der Waals surface area (Å²) >= 11 is 0. The van der Waals surface area contributed by atoms with E-state index in [9.17, 15) is 13.2 Å². The van der Waals surface area contributed by atoms with Gasteiger partial charge in [0.1, 0.15) is 18.1 Å². The van der Waals surface area contributed by atoms with Gasteiger partial charge in [0.2, 0.25) is 0 Å². The highest BCUT2D eigenvalue weighted by Gasteiger charge is 2.37. The van der Waals surface area contributed by atoms with Crippen LogP contribution in [0.1, 0.15) is 11.1 Å². The molecule has 33 heavy (non-hydrogen) atoms. The van der Waals surface area contributed by atoms with E-state index in [-0.39, 0.29) is 24.6 Å².